The highest BCUT2D eigenvalue weighted by molar-refractivity contribution is 6.42. The van der Waals surface area contributed by atoms with Gasteiger partial charge in [-0.25, -0.2) is 0 Å². The number of carbonyl (C=O) groups is 1. The van der Waals surface area contributed by atoms with E-state index in [4.69, 9.17) is 23.2 Å². The lowest BCUT2D eigenvalue weighted by Crippen LogP contribution is -2.38. The second kappa shape index (κ2) is 7.02. The van der Waals surface area contributed by atoms with Gasteiger partial charge in [-0.05, 0) is 36.5 Å². The van der Waals surface area contributed by atoms with E-state index in [-0.39, 0.29) is 5.91 Å². The van der Waals surface area contributed by atoms with Gasteiger partial charge in [-0.15, -0.1) is 0 Å². The minimum absolute atomic E-state index is 0.0726. The van der Waals surface area contributed by atoms with Crippen LogP contribution in [0.4, 0.5) is 0 Å². The molecule has 1 amide bonds. The van der Waals surface area contributed by atoms with Crippen molar-refractivity contribution in [2.24, 2.45) is 0 Å². The molecule has 1 fully saturated rings. The van der Waals surface area contributed by atoms with Crippen molar-refractivity contribution in [3.05, 3.63) is 33.8 Å². The molecule has 1 aliphatic heterocycles. The minimum atomic E-state index is -0.0726. The molecule has 1 heterocycles. The largest absolute Gasteiger partial charge is 0.331 e. The molecule has 20 heavy (non-hydrogen) atoms. The zero-order chi connectivity index (χ0) is 14.5. The van der Waals surface area contributed by atoms with E-state index in [1.807, 2.05) is 30.0 Å². The molecule has 0 radical (unpaired) electrons. The molecule has 1 aliphatic rings. The van der Waals surface area contributed by atoms with Crippen LogP contribution in [-0.2, 0) is 4.79 Å². The first kappa shape index (κ1) is 15.2. The number of nitrogens with zero attached hydrogens (tertiary/aromatic N) is 1. The summed E-state index contributed by atoms with van der Waals surface area (Å²) in [4.78, 5) is 13.8. The van der Waals surface area contributed by atoms with Crippen LogP contribution in [0.1, 0.15) is 37.7 Å². The van der Waals surface area contributed by atoms with Crippen molar-refractivity contribution in [1.29, 1.82) is 0 Å². The van der Waals surface area contributed by atoms with Gasteiger partial charge in [-0.1, -0.05) is 42.1 Å². The molecule has 1 unspecified atom stereocenters. The van der Waals surface area contributed by atoms with Gasteiger partial charge in [-0.3, -0.25) is 4.79 Å². The number of halogens is 2. The highest BCUT2D eigenvalue weighted by atomic mass is 35.5. The number of rotatable bonds is 1. The van der Waals surface area contributed by atoms with Crippen molar-refractivity contribution in [2.75, 3.05) is 13.1 Å². The van der Waals surface area contributed by atoms with E-state index in [9.17, 15) is 4.79 Å². The summed E-state index contributed by atoms with van der Waals surface area (Å²) < 4.78 is 0. The number of benzene rings is 1. The lowest BCUT2D eigenvalue weighted by Gasteiger charge is -2.31. The Balaban J connectivity index is 2.10. The first-order valence-corrected chi connectivity index (χ1v) is 7.60. The molecule has 0 N–H and O–H groups in total. The summed E-state index contributed by atoms with van der Waals surface area (Å²) in [5, 5.41) is 1.13. The maximum atomic E-state index is 12.0. The minimum Gasteiger partial charge on any atom is -0.331 e. The van der Waals surface area contributed by atoms with Crippen LogP contribution >= 0.6 is 23.2 Å². The van der Waals surface area contributed by atoms with E-state index in [0.717, 1.165) is 24.9 Å². The number of hydrogen-bond acceptors (Lipinski definition) is 1. The topological polar surface area (TPSA) is 20.3 Å². The summed E-state index contributed by atoms with van der Waals surface area (Å²) in [6, 6.07) is 5.71. The molecule has 0 aromatic heterocycles. The standard InChI is InChI=1S/C16H17Cl2NO/c1-2-3-6-16(20)19-9-4-5-13(11-19)12-7-8-14(17)15(18)10-12/h7-8,10,13H,2,4-5,9,11H2,1H3. The smallest absolute Gasteiger partial charge is 0.298 e. The van der Waals surface area contributed by atoms with Crippen LogP contribution in [0.2, 0.25) is 10.0 Å². The normalized spacial score (nSPS) is 18.4. The van der Waals surface area contributed by atoms with Gasteiger partial charge in [0.1, 0.15) is 0 Å². The first-order chi connectivity index (χ1) is 9.61. The van der Waals surface area contributed by atoms with Gasteiger partial charge in [0.05, 0.1) is 10.0 Å². The number of piperidine rings is 1. The predicted octanol–water partition coefficient (Wildman–Crippen LogP) is 4.11. The van der Waals surface area contributed by atoms with E-state index in [1.165, 1.54) is 0 Å². The Morgan fingerprint density at radius 3 is 2.90 bits per heavy atom. The highest BCUT2D eigenvalue weighted by Crippen LogP contribution is 2.31. The Morgan fingerprint density at radius 1 is 1.40 bits per heavy atom. The van der Waals surface area contributed by atoms with Gasteiger partial charge in [0.15, 0.2) is 0 Å². The Hall–Kier alpha value is -1.17. The third-order valence-corrected chi connectivity index (χ3v) is 4.23. The summed E-state index contributed by atoms with van der Waals surface area (Å²) in [6.45, 7) is 3.43. The maximum absolute atomic E-state index is 12.0. The molecule has 0 aliphatic carbocycles. The predicted molar refractivity (Wildman–Crippen MR) is 83.1 cm³/mol. The van der Waals surface area contributed by atoms with Crippen molar-refractivity contribution >= 4 is 29.1 Å². The molecule has 106 valence electrons. The lowest BCUT2D eigenvalue weighted by molar-refractivity contribution is -0.126. The monoisotopic (exact) mass is 309 g/mol. The van der Waals surface area contributed by atoms with Crippen LogP contribution in [0.3, 0.4) is 0 Å². The zero-order valence-electron chi connectivity index (χ0n) is 11.5. The number of carbonyl (C=O) groups excluding carboxylic acids is 1. The fraction of sp³-hybridized carbons (Fsp3) is 0.438. The molecule has 0 saturated carbocycles. The average molecular weight is 310 g/mol. The number of likely N-dealkylation sites (tertiary alicyclic amines) is 1. The van der Waals surface area contributed by atoms with Gasteiger partial charge >= 0.3 is 0 Å². The van der Waals surface area contributed by atoms with E-state index in [1.54, 1.807) is 0 Å². The molecule has 4 heteroatoms. The van der Waals surface area contributed by atoms with Gasteiger partial charge in [0.25, 0.3) is 5.91 Å². The van der Waals surface area contributed by atoms with Crippen LogP contribution in [-0.4, -0.2) is 23.9 Å². The van der Waals surface area contributed by atoms with Gasteiger partial charge in [0, 0.05) is 25.4 Å². The second-order valence-corrected chi connectivity index (χ2v) is 5.73. The van der Waals surface area contributed by atoms with Crippen molar-refractivity contribution in [2.45, 2.75) is 32.1 Å². The van der Waals surface area contributed by atoms with E-state index < -0.39 is 0 Å². The Labute approximate surface area is 130 Å². The fourth-order valence-corrected chi connectivity index (χ4v) is 2.75. The second-order valence-electron chi connectivity index (χ2n) is 4.92. The zero-order valence-corrected chi connectivity index (χ0v) is 13.0. The van der Waals surface area contributed by atoms with Crippen LogP contribution in [0, 0.1) is 11.8 Å². The van der Waals surface area contributed by atoms with Gasteiger partial charge in [-0.2, -0.15) is 0 Å². The van der Waals surface area contributed by atoms with Crippen molar-refractivity contribution in [3.8, 4) is 11.8 Å². The van der Waals surface area contributed by atoms with Crippen LogP contribution in [0.5, 0.6) is 0 Å². The SMILES string of the molecule is CCC#CC(=O)N1CCCC(c2ccc(Cl)c(Cl)c2)C1. The Kier molecular flexibility index (Phi) is 5.34. The summed E-state index contributed by atoms with van der Waals surface area (Å²) >= 11 is 12.0. The van der Waals surface area contributed by atoms with Crippen molar-refractivity contribution < 1.29 is 4.79 Å². The fourth-order valence-electron chi connectivity index (χ4n) is 2.44. The summed E-state index contributed by atoms with van der Waals surface area (Å²) in [7, 11) is 0. The number of hydrogen-bond donors (Lipinski definition) is 0. The van der Waals surface area contributed by atoms with Crippen LogP contribution in [0.25, 0.3) is 0 Å². The molecular weight excluding hydrogens is 293 g/mol. The quantitative estimate of drug-likeness (QED) is 0.715. The van der Waals surface area contributed by atoms with Gasteiger partial charge < -0.3 is 4.90 Å². The first-order valence-electron chi connectivity index (χ1n) is 6.84. The highest BCUT2D eigenvalue weighted by Gasteiger charge is 2.24. The molecule has 1 aromatic carbocycles. The maximum Gasteiger partial charge on any atom is 0.298 e. The van der Waals surface area contributed by atoms with Crippen LogP contribution in [0.15, 0.2) is 18.2 Å². The van der Waals surface area contributed by atoms with E-state index in [0.29, 0.717) is 28.9 Å². The Bertz CT molecular complexity index is 559. The summed E-state index contributed by atoms with van der Waals surface area (Å²) in [6.07, 6.45) is 2.75. The average Bonchev–Trinajstić information content (AvgIpc) is 2.47. The molecule has 1 atom stereocenters. The van der Waals surface area contributed by atoms with Crippen LogP contribution < -0.4 is 0 Å². The molecule has 2 nitrogen and oxygen atoms in total. The van der Waals surface area contributed by atoms with Crippen molar-refractivity contribution in [1.82, 2.24) is 4.90 Å². The summed E-state index contributed by atoms with van der Waals surface area (Å²) in [5.41, 5.74) is 1.14. The number of amides is 1. The van der Waals surface area contributed by atoms with Gasteiger partial charge in [0.2, 0.25) is 0 Å². The Morgan fingerprint density at radius 2 is 2.20 bits per heavy atom. The molecule has 2 rings (SSSR count). The molecule has 0 spiro atoms. The van der Waals surface area contributed by atoms with Crippen molar-refractivity contribution in [3.63, 3.8) is 0 Å². The van der Waals surface area contributed by atoms with E-state index in [2.05, 4.69) is 11.8 Å². The lowest BCUT2D eigenvalue weighted by atomic mass is 9.90. The third-order valence-electron chi connectivity index (χ3n) is 3.50. The molecule has 0 bridgehead atoms. The molecule has 1 aromatic rings. The molecular formula is C16H17Cl2NO. The van der Waals surface area contributed by atoms with E-state index >= 15 is 0 Å². The third kappa shape index (κ3) is 3.69. The summed E-state index contributed by atoms with van der Waals surface area (Å²) in [5.74, 6) is 5.76. The molecule has 1 saturated heterocycles.